The van der Waals surface area contributed by atoms with Crippen molar-refractivity contribution in [3.63, 3.8) is 0 Å². The van der Waals surface area contributed by atoms with Crippen molar-refractivity contribution in [3.05, 3.63) is 28.2 Å². The van der Waals surface area contributed by atoms with Gasteiger partial charge in [-0.2, -0.15) is 4.31 Å². The van der Waals surface area contributed by atoms with Crippen molar-refractivity contribution in [2.75, 3.05) is 26.2 Å². The Morgan fingerprint density at radius 3 is 2.07 bits per heavy atom. The Labute approximate surface area is 182 Å². The van der Waals surface area contributed by atoms with E-state index in [0.717, 1.165) is 32.0 Å². The summed E-state index contributed by atoms with van der Waals surface area (Å²) in [6.45, 7) is 2.71. The lowest BCUT2D eigenvalue weighted by Crippen LogP contribution is -2.49. The highest BCUT2D eigenvalue weighted by molar-refractivity contribution is 7.89. The van der Waals surface area contributed by atoms with E-state index in [0.29, 0.717) is 25.9 Å². The summed E-state index contributed by atoms with van der Waals surface area (Å²) in [5.41, 5.74) is 0. The molecule has 9 heteroatoms. The molecule has 1 aliphatic carbocycles. The van der Waals surface area contributed by atoms with Crippen molar-refractivity contribution >= 4 is 39.1 Å². The van der Waals surface area contributed by atoms with Crippen LogP contribution >= 0.6 is 23.2 Å². The second-order valence-electron chi connectivity index (χ2n) is 8.28. The molecule has 1 saturated carbocycles. The summed E-state index contributed by atoms with van der Waals surface area (Å²) in [6.07, 6.45) is 5.65. The number of likely N-dealkylation sites (tertiary alicyclic amines) is 1. The van der Waals surface area contributed by atoms with Crippen LogP contribution in [0.3, 0.4) is 0 Å². The lowest BCUT2D eigenvalue weighted by Gasteiger charge is -2.35. The predicted molar refractivity (Wildman–Crippen MR) is 114 cm³/mol. The van der Waals surface area contributed by atoms with Crippen LogP contribution in [0.1, 0.15) is 38.5 Å². The first kappa shape index (κ1) is 21.4. The molecule has 1 aromatic carbocycles. The number of amides is 1. The minimum absolute atomic E-state index is 0.0475. The van der Waals surface area contributed by atoms with Crippen LogP contribution in [0.4, 0.5) is 0 Å². The molecule has 3 fully saturated rings. The second kappa shape index (κ2) is 8.71. The van der Waals surface area contributed by atoms with Crippen LogP contribution < -0.4 is 5.32 Å². The third-order valence-corrected chi connectivity index (χ3v) is 9.14. The van der Waals surface area contributed by atoms with E-state index < -0.39 is 10.0 Å². The van der Waals surface area contributed by atoms with E-state index in [1.807, 2.05) is 0 Å². The van der Waals surface area contributed by atoms with E-state index in [1.165, 1.54) is 29.3 Å². The smallest absolute Gasteiger partial charge is 0.246 e. The molecule has 6 nitrogen and oxygen atoms in total. The molecule has 0 spiro atoms. The van der Waals surface area contributed by atoms with Gasteiger partial charge in [0.2, 0.25) is 15.9 Å². The van der Waals surface area contributed by atoms with Gasteiger partial charge >= 0.3 is 0 Å². The van der Waals surface area contributed by atoms with E-state index in [4.69, 9.17) is 23.2 Å². The van der Waals surface area contributed by atoms with Gasteiger partial charge in [0.15, 0.2) is 0 Å². The number of nitrogens with one attached hydrogen (secondary N) is 1. The van der Waals surface area contributed by atoms with Crippen molar-refractivity contribution < 1.29 is 13.2 Å². The Balaban J connectivity index is 1.30. The molecule has 0 radical (unpaired) electrons. The third kappa shape index (κ3) is 4.74. The summed E-state index contributed by atoms with van der Waals surface area (Å²) in [7, 11) is -3.78. The van der Waals surface area contributed by atoms with Crippen molar-refractivity contribution in [1.82, 2.24) is 14.5 Å². The Morgan fingerprint density at radius 2 is 1.52 bits per heavy atom. The molecule has 0 bridgehead atoms. The number of sulfonamides is 1. The van der Waals surface area contributed by atoms with Crippen LogP contribution in [-0.2, 0) is 14.8 Å². The molecule has 1 N–H and O–H groups in total. The lowest BCUT2D eigenvalue weighted by molar-refractivity contribution is -0.127. The molecular weight excluding hydrogens is 433 g/mol. The number of hydrogen-bond acceptors (Lipinski definition) is 4. The fourth-order valence-corrected chi connectivity index (χ4v) is 6.95. The number of halogens is 2. The average molecular weight is 460 g/mol. The van der Waals surface area contributed by atoms with Gasteiger partial charge < -0.3 is 10.2 Å². The minimum atomic E-state index is -3.78. The molecule has 0 atom stereocenters. The first-order valence-electron chi connectivity index (χ1n) is 10.3. The summed E-state index contributed by atoms with van der Waals surface area (Å²) in [4.78, 5) is 15.2. The summed E-state index contributed by atoms with van der Waals surface area (Å²) < 4.78 is 27.3. The first-order valence-corrected chi connectivity index (χ1v) is 12.5. The van der Waals surface area contributed by atoms with E-state index in [-0.39, 0.29) is 32.8 Å². The zero-order chi connectivity index (χ0) is 20.6. The molecule has 1 amide bonds. The topological polar surface area (TPSA) is 69.7 Å². The van der Waals surface area contributed by atoms with Gasteiger partial charge in [-0.15, -0.1) is 0 Å². The van der Waals surface area contributed by atoms with Crippen molar-refractivity contribution in [1.29, 1.82) is 0 Å². The highest BCUT2D eigenvalue weighted by atomic mass is 35.5. The number of rotatable bonds is 5. The van der Waals surface area contributed by atoms with Gasteiger partial charge in [-0.1, -0.05) is 29.3 Å². The van der Waals surface area contributed by atoms with Crippen LogP contribution in [0.25, 0.3) is 0 Å². The third-order valence-electron chi connectivity index (χ3n) is 6.28. The fourth-order valence-electron chi connectivity index (χ4n) is 4.38. The van der Waals surface area contributed by atoms with Crippen LogP contribution in [0.2, 0.25) is 10.0 Å². The first-order chi connectivity index (χ1) is 13.9. The quantitative estimate of drug-likeness (QED) is 0.733. The van der Waals surface area contributed by atoms with Gasteiger partial charge in [-0.25, -0.2) is 8.42 Å². The Bertz CT molecular complexity index is 839. The highest BCUT2D eigenvalue weighted by Gasteiger charge is 2.36. The fraction of sp³-hybridized carbons (Fsp3) is 0.650. The number of benzene rings is 1. The number of hydrogen-bond donors (Lipinski definition) is 1. The molecule has 2 heterocycles. The summed E-state index contributed by atoms with van der Waals surface area (Å²) in [5, 5.41) is 3.44. The number of nitrogens with zero attached hydrogens (tertiary/aromatic N) is 2. The number of piperidine rings is 2. The van der Waals surface area contributed by atoms with E-state index in [9.17, 15) is 13.2 Å². The zero-order valence-corrected chi connectivity index (χ0v) is 18.6. The molecule has 4 rings (SSSR count). The Morgan fingerprint density at radius 1 is 0.931 bits per heavy atom. The van der Waals surface area contributed by atoms with Gasteiger partial charge in [0.1, 0.15) is 4.90 Å². The predicted octanol–water partition coefficient (Wildman–Crippen LogP) is 3.14. The zero-order valence-electron chi connectivity index (χ0n) is 16.3. The highest BCUT2D eigenvalue weighted by Crippen LogP contribution is 2.33. The average Bonchev–Trinajstić information content (AvgIpc) is 3.54. The van der Waals surface area contributed by atoms with Gasteiger partial charge in [0, 0.05) is 44.2 Å². The molecule has 29 heavy (non-hydrogen) atoms. The minimum Gasteiger partial charge on any atom is -0.353 e. The SMILES string of the molecule is O=C(NC1CCN(C2CC2)CC1)C1CCN(S(=O)(=O)c2c(Cl)cccc2Cl)CC1. The molecule has 160 valence electrons. The Hall–Kier alpha value is -0.860. The number of carbonyl (C=O) groups excluding carboxylic acids is 1. The van der Waals surface area contributed by atoms with Crippen LogP contribution in [0.15, 0.2) is 23.1 Å². The van der Waals surface area contributed by atoms with Gasteiger partial charge in [-0.3, -0.25) is 4.79 Å². The maximum absolute atomic E-state index is 13.0. The molecule has 2 aliphatic heterocycles. The Kier molecular flexibility index (Phi) is 6.42. The number of carbonyl (C=O) groups is 1. The molecule has 3 aliphatic rings. The molecule has 1 aromatic rings. The maximum Gasteiger partial charge on any atom is 0.246 e. The summed E-state index contributed by atoms with van der Waals surface area (Å²) >= 11 is 12.2. The van der Waals surface area contributed by atoms with Crippen LogP contribution in [0, 0.1) is 5.92 Å². The monoisotopic (exact) mass is 459 g/mol. The summed E-state index contributed by atoms with van der Waals surface area (Å²) in [6, 6.07) is 5.69. The molecule has 2 saturated heterocycles. The van der Waals surface area contributed by atoms with Crippen molar-refractivity contribution in [3.8, 4) is 0 Å². The molecular formula is C20H27Cl2N3O3S. The summed E-state index contributed by atoms with van der Waals surface area (Å²) in [5.74, 6) is -0.0904. The van der Waals surface area contributed by atoms with Gasteiger partial charge in [0.25, 0.3) is 0 Å². The molecule has 0 unspecified atom stereocenters. The normalized spacial score (nSPS) is 23.2. The van der Waals surface area contributed by atoms with Crippen molar-refractivity contribution in [2.24, 2.45) is 5.92 Å². The van der Waals surface area contributed by atoms with E-state index in [2.05, 4.69) is 10.2 Å². The standard InChI is InChI=1S/C20H27Cl2N3O3S/c21-17-2-1-3-18(22)19(17)29(27,28)25-12-6-14(7-13-25)20(26)23-15-8-10-24(11-9-15)16-4-5-16/h1-3,14-16H,4-13H2,(H,23,26). The van der Waals surface area contributed by atoms with Crippen molar-refractivity contribution in [2.45, 2.75) is 55.5 Å². The van der Waals surface area contributed by atoms with Crippen LogP contribution in [-0.4, -0.2) is 61.8 Å². The van der Waals surface area contributed by atoms with Gasteiger partial charge in [-0.05, 0) is 50.7 Å². The van der Waals surface area contributed by atoms with E-state index >= 15 is 0 Å². The maximum atomic E-state index is 13.0. The molecule has 0 aromatic heterocycles. The largest absolute Gasteiger partial charge is 0.353 e. The van der Waals surface area contributed by atoms with Gasteiger partial charge in [0.05, 0.1) is 10.0 Å². The second-order valence-corrected chi connectivity index (χ2v) is 11.0. The van der Waals surface area contributed by atoms with E-state index in [1.54, 1.807) is 6.07 Å². The lowest BCUT2D eigenvalue weighted by atomic mass is 9.96. The van der Waals surface area contributed by atoms with Crippen LogP contribution in [0.5, 0.6) is 0 Å².